The largest absolute Gasteiger partial charge is 0.493 e. The monoisotopic (exact) mass is 1450 g/mol. The Bertz CT molecular complexity index is 6070. The number of hydrogen-bond donors (Lipinski definition) is 0. The molecule has 0 unspecified atom stereocenters. The molecule has 0 heterocycles. The Balaban J connectivity index is 0.887. The van der Waals surface area contributed by atoms with Crippen LogP contribution in [-0.2, 0) is 25.7 Å². The first-order valence-electron chi connectivity index (χ1n) is 41.2. The van der Waals surface area contributed by atoms with Crippen molar-refractivity contribution < 1.29 is 18.9 Å². The van der Waals surface area contributed by atoms with Gasteiger partial charge in [0.15, 0.2) is 0 Å². The van der Waals surface area contributed by atoms with Crippen LogP contribution in [0.25, 0.3) is 174 Å². The molecule has 0 N–H and O–H groups in total. The molecule has 20 aromatic carbocycles. The summed E-state index contributed by atoms with van der Waals surface area (Å²) < 4.78 is 30.6. The first-order chi connectivity index (χ1) is 55.3. The van der Waals surface area contributed by atoms with Gasteiger partial charge in [0.2, 0.25) is 0 Å². The van der Waals surface area contributed by atoms with Gasteiger partial charge in [0, 0.05) is 25.7 Å². The SMILES string of the molecule is CCCCOc1c2cc(-c3ccc4ccc5cccc6ccc3c4c56)cc1Cc1cc(-c3ccc4ccc5cccc6ccc3c4c56)cc(c1OCCCC)Cc1cc(-c3ccc4ccc5cccc6ccc3c4c56)cc(c1OCCCC)Cc1cc(-c3ccc4ccc5cccc6ccc3c4c56)cc(c1OCCCC)C2. The molecule has 0 spiro atoms. The van der Waals surface area contributed by atoms with Gasteiger partial charge < -0.3 is 18.9 Å². The quantitative estimate of drug-likeness (QED) is 0.0563. The van der Waals surface area contributed by atoms with E-state index in [9.17, 15) is 0 Å². The van der Waals surface area contributed by atoms with Crippen molar-refractivity contribution in [1.29, 1.82) is 0 Å². The Hall–Kier alpha value is -12.2. The maximum absolute atomic E-state index is 7.64. The van der Waals surface area contributed by atoms with Gasteiger partial charge in [-0.2, -0.15) is 0 Å². The fourth-order valence-electron chi connectivity index (χ4n) is 19.5. The van der Waals surface area contributed by atoms with Crippen LogP contribution in [0.1, 0.15) is 124 Å². The summed E-state index contributed by atoms with van der Waals surface area (Å²) in [5, 5.41) is 30.4. The van der Waals surface area contributed by atoms with E-state index in [0.717, 1.165) is 141 Å². The second-order valence-corrected chi connectivity index (χ2v) is 31.9. The molecule has 112 heavy (non-hydrogen) atoms. The van der Waals surface area contributed by atoms with E-state index in [1.165, 1.54) is 152 Å². The highest BCUT2D eigenvalue weighted by Crippen LogP contribution is 2.51. The van der Waals surface area contributed by atoms with Crippen LogP contribution in [0.5, 0.6) is 23.0 Å². The van der Waals surface area contributed by atoms with E-state index in [1.807, 2.05) is 0 Å². The molecule has 0 saturated heterocycles. The predicted octanol–water partition coefficient (Wildman–Crippen LogP) is 29.3. The molecule has 0 aromatic heterocycles. The number of hydrogen-bond acceptors (Lipinski definition) is 4. The molecule has 544 valence electrons. The molecular formula is C108H88O4. The standard InChI is InChI=1S/C108H88O4/c1-5-9-49-109-105-81-53-77(89-41-33-73-29-25-65-17-13-21-69-37-45-93(89)101(73)97(65)69)54-82(105)62-84-56-79(91-43-35-75-31-27-67-19-15-23-71-39-47-95(91)103(75)99(67)71)58-86(107(84)111-51-11-7-3)64-88-60-80(92-44-36-76-32-28-68-20-16-24-72-40-48-96(92)104(76)100(68)72)59-87(108(88)112-52-12-8-4)63-85-57-78(55-83(61-81)106(85)110-50-10-6-2)90-42-34-74-30-26-66-18-14-22-70-38-46-94(90)102(74)98(66)70/h13-48,53-60H,5-12,49-52,61-64H2,1-4H3. The normalized spacial score (nSPS) is 12.8. The lowest BCUT2D eigenvalue weighted by molar-refractivity contribution is 0.297. The van der Waals surface area contributed by atoms with Gasteiger partial charge in [-0.3, -0.25) is 0 Å². The Morgan fingerprint density at radius 1 is 0.196 bits per heavy atom. The maximum atomic E-state index is 7.64. The van der Waals surface area contributed by atoms with Crippen molar-refractivity contribution >= 4 is 129 Å². The maximum Gasteiger partial charge on any atom is 0.126 e. The molecule has 8 bridgehead atoms. The lowest BCUT2D eigenvalue weighted by Gasteiger charge is -2.26. The van der Waals surface area contributed by atoms with E-state index < -0.39 is 0 Å². The highest BCUT2D eigenvalue weighted by molar-refractivity contribution is 6.29. The minimum absolute atomic E-state index is 0.532. The van der Waals surface area contributed by atoms with Gasteiger partial charge in [0.05, 0.1) is 26.4 Å². The van der Waals surface area contributed by atoms with Gasteiger partial charge in [-0.15, -0.1) is 0 Å². The summed E-state index contributed by atoms with van der Waals surface area (Å²) in [5.74, 6) is 3.72. The van der Waals surface area contributed by atoms with Crippen LogP contribution >= 0.6 is 0 Å². The van der Waals surface area contributed by atoms with E-state index in [-0.39, 0.29) is 0 Å². The van der Waals surface area contributed by atoms with Crippen molar-refractivity contribution in [3.05, 3.63) is 311 Å². The fraction of sp³-hybridized carbons (Fsp3) is 0.185. The summed E-state index contributed by atoms with van der Waals surface area (Å²) in [4.78, 5) is 0. The van der Waals surface area contributed by atoms with E-state index in [1.54, 1.807) is 0 Å². The molecule has 1 aliphatic rings. The number of ether oxygens (including phenoxy) is 4. The molecule has 0 radical (unpaired) electrons. The Labute approximate surface area is 654 Å². The minimum Gasteiger partial charge on any atom is -0.493 e. The average Bonchev–Trinajstić information content (AvgIpc) is 0.746. The van der Waals surface area contributed by atoms with Crippen molar-refractivity contribution in [2.24, 2.45) is 0 Å². The third-order valence-corrected chi connectivity index (χ3v) is 24.8. The summed E-state index contributed by atoms with van der Waals surface area (Å²) in [5.41, 5.74) is 18.4. The number of unbranched alkanes of at least 4 members (excludes halogenated alkanes) is 4. The molecule has 0 fully saturated rings. The minimum atomic E-state index is 0.532. The van der Waals surface area contributed by atoms with Crippen LogP contribution in [-0.4, -0.2) is 26.4 Å². The first kappa shape index (κ1) is 67.8. The van der Waals surface area contributed by atoms with Gasteiger partial charge in [0.25, 0.3) is 0 Å². The zero-order chi connectivity index (χ0) is 74.7. The molecule has 21 rings (SSSR count). The number of rotatable bonds is 20. The Kier molecular flexibility index (Phi) is 16.9. The summed E-state index contributed by atoms with van der Waals surface area (Å²) in [7, 11) is 0. The number of fused-ring (bicyclic) bond motifs is 8. The molecule has 4 heteroatoms. The highest BCUT2D eigenvalue weighted by Gasteiger charge is 2.29. The van der Waals surface area contributed by atoms with Crippen molar-refractivity contribution in [3.63, 3.8) is 0 Å². The second kappa shape index (κ2) is 28.0. The molecule has 0 atom stereocenters. The van der Waals surface area contributed by atoms with E-state index in [0.29, 0.717) is 52.1 Å². The molecule has 0 saturated carbocycles. The van der Waals surface area contributed by atoms with Gasteiger partial charge >= 0.3 is 0 Å². The first-order valence-corrected chi connectivity index (χ1v) is 41.2. The summed E-state index contributed by atoms with van der Waals surface area (Å²) in [6.45, 7) is 11.4. The van der Waals surface area contributed by atoms with Crippen molar-refractivity contribution in [2.45, 2.75) is 105 Å². The summed E-state index contributed by atoms with van der Waals surface area (Å²) >= 11 is 0. The van der Waals surface area contributed by atoms with E-state index in [4.69, 9.17) is 18.9 Å². The van der Waals surface area contributed by atoms with Crippen molar-refractivity contribution in [3.8, 4) is 67.5 Å². The molecule has 0 aliphatic heterocycles. The zero-order valence-corrected chi connectivity index (χ0v) is 64.4. The van der Waals surface area contributed by atoms with Crippen LogP contribution in [0.2, 0.25) is 0 Å². The van der Waals surface area contributed by atoms with Gasteiger partial charge in [0.1, 0.15) is 23.0 Å². The molecular weight excluding hydrogens is 1360 g/mol. The van der Waals surface area contributed by atoms with Gasteiger partial charge in [-0.25, -0.2) is 0 Å². The fourth-order valence-corrected chi connectivity index (χ4v) is 19.5. The molecule has 1 aliphatic carbocycles. The Morgan fingerprint density at radius 2 is 0.366 bits per heavy atom. The third kappa shape index (κ3) is 11.4. The molecule has 0 amide bonds. The predicted molar refractivity (Wildman–Crippen MR) is 475 cm³/mol. The highest BCUT2D eigenvalue weighted by atomic mass is 16.5. The van der Waals surface area contributed by atoms with Gasteiger partial charge in [-0.1, -0.05) is 272 Å². The average molecular weight is 1450 g/mol. The van der Waals surface area contributed by atoms with Crippen molar-refractivity contribution in [2.75, 3.05) is 26.4 Å². The second-order valence-electron chi connectivity index (χ2n) is 31.9. The lowest BCUT2D eigenvalue weighted by Crippen LogP contribution is -2.11. The van der Waals surface area contributed by atoms with Crippen LogP contribution in [0.15, 0.2) is 267 Å². The van der Waals surface area contributed by atoms with E-state index >= 15 is 0 Å². The molecule has 20 aromatic rings. The number of benzene rings is 20. The molecule has 4 nitrogen and oxygen atoms in total. The topological polar surface area (TPSA) is 36.9 Å². The summed E-state index contributed by atoms with van der Waals surface area (Å²) in [6.07, 6.45) is 9.74. The lowest BCUT2D eigenvalue weighted by atomic mass is 9.84. The van der Waals surface area contributed by atoms with Crippen LogP contribution in [0.4, 0.5) is 0 Å². The van der Waals surface area contributed by atoms with Crippen LogP contribution in [0, 0.1) is 0 Å². The smallest absolute Gasteiger partial charge is 0.126 e. The zero-order valence-electron chi connectivity index (χ0n) is 64.4. The Morgan fingerprint density at radius 3 is 0.554 bits per heavy atom. The summed E-state index contributed by atoms with van der Waals surface area (Å²) in [6, 6.07) is 103. The van der Waals surface area contributed by atoms with Gasteiger partial charge in [-0.05, 0) is 292 Å². The van der Waals surface area contributed by atoms with E-state index in [2.05, 4.69) is 295 Å². The van der Waals surface area contributed by atoms with Crippen LogP contribution in [0.3, 0.4) is 0 Å². The van der Waals surface area contributed by atoms with Crippen molar-refractivity contribution in [1.82, 2.24) is 0 Å². The third-order valence-electron chi connectivity index (χ3n) is 24.8. The van der Waals surface area contributed by atoms with Crippen LogP contribution < -0.4 is 18.9 Å².